The third-order valence-electron chi connectivity index (χ3n) is 2.08. The molecule has 0 fully saturated rings. The van der Waals surface area contributed by atoms with Gasteiger partial charge in [-0.2, -0.15) is 0 Å². The normalized spacial score (nSPS) is 26.6. The molecule has 2 heteroatoms. The maximum atomic E-state index is 12.1. The first-order valence-electron chi connectivity index (χ1n) is 3.96. The summed E-state index contributed by atoms with van der Waals surface area (Å²) in [5.41, 5.74) is 7.52. The van der Waals surface area contributed by atoms with Gasteiger partial charge in [0.1, 0.15) is 0 Å². The smallest absolute Gasteiger partial charge is 0.0898 e. The molecule has 0 amide bonds. The van der Waals surface area contributed by atoms with Crippen LogP contribution in [-0.4, -0.2) is 6.04 Å². The highest BCUT2D eigenvalue weighted by molar-refractivity contribution is 5.29. The fourth-order valence-electron chi connectivity index (χ4n) is 1.33. The minimum absolute atomic E-state index is 0.227. The summed E-state index contributed by atoms with van der Waals surface area (Å²) in [4.78, 5) is 0. The Morgan fingerprint density at radius 1 is 1.82 bits per heavy atom. The summed E-state index contributed by atoms with van der Waals surface area (Å²) in [6.07, 6.45) is 5.58. The van der Waals surface area contributed by atoms with E-state index in [1.54, 1.807) is 6.92 Å². The van der Waals surface area contributed by atoms with Gasteiger partial charge in [0.2, 0.25) is 0 Å². The molecule has 1 nitrogen and oxygen atoms in total. The first-order chi connectivity index (χ1) is 5.24. The molecule has 1 aliphatic rings. The Hall–Kier alpha value is -0.630. The molecule has 11 heavy (non-hydrogen) atoms. The Kier molecular flexibility index (Phi) is 2.83. The lowest BCUT2D eigenvalue weighted by Crippen LogP contribution is -2.22. The van der Waals surface area contributed by atoms with Gasteiger partial charge in [0.05, 0.1) is 6.33 Å². The predicted molar refractivity (Wildman–Crippen MR) is 44.8 cm³/mol. The molecule has 0 spiro atoms. The van der Waals surface area contributed by atoms with Crippen molar-refractivity contribution < 1.29 is 4.39 Å². The van der Waals surface area contributed by atoms with Crippen molar-refractivity contribution in [1.82, 2.24) is 0 Å². The molecule has 1 unspecified atom stereocenters. The number of hydrogen-bond acceptors (Lipinski definition) is 1. The van der Waals surface area contributed by atoms with E-state index in [-0.39, 0.29) is 6.04 Å². The van der Waals surface area contributed by atoms with E-state index in [9.17, 15) is 4.39 Å². The topological polar surface area (TPSA) is 26.0 Å². The molecule has 1 rings (SSSR count). The van der Waals surface area contributed by atoms with Crippen molar-refractivity contribution in [2.45, 2.75) is 32.2 Å². The fraction of sp³-hybridized carbons (Fsp3) is 0.556. The van der Waals surface area contributed by atoms with Crippen LogP contribution in [0.3, 0.4) is 0 Å². The lowest BCUT2D eigenvalue weighted by Gasteiger charge is -2.18. The number of hydrogen-bond donors (Lipinski definition) is 1. The van der Waals surface area contributed by atoms with E-state index < -0.39 is 0 Å². The fourth-order valence-corrected chi connectivity index (χ4v) is 1.33. The van der Waals surface area contributed by atoms with Crippen LogP contribution < -0.4 is 5.73 Å². The molecule has 0 bridgehead atoms. The third kappa shape index (κ3) is 2.15. The Labute approximate surface area is 66.8 Å². The molecule has 0 saturated heterocycles. The van der Waals surface area contributed by atoms with E-state index in [1.165, 1.54) is 0 Å². The summed E-state index contributed by atoms with van der Waals surface area (Å²) in [5, 5.41) is 0. The van der Waals surface area contributed by atoms with Crippen LogP contribution in [0.2, 0.25) is 0 Å². The van der Waals surface area contributed by atoms with Gasteiger partial charge in [-0.05, 0) is 37.3 Å². The van der Waals surface area contributed by atoms with E-state index in [1.807, 2.05) is 0 Å². The standard InChI is InChI=1S/C9H14FN/c1-7(6-10)8-3-2-4-9(11)5-8/h3,6,9H,2,4-5,11H2,1H3/b7-6-. The van der Waals surface area contributed by atoms with Crippen LogP contribution in [0.25, 0.3) is 0 Å². The van der Waals surface area contributed by atoms with Crippen molar-refractivity contribution in [3.8, 4) is 0 Å². The zero-order valence-corrected chi connectivity index (χ0v) is 6.81. The molecule has 0 heterocycles. The zero-order valence-electron chi connectivity index (χ0n) is 6.81. The van der Waals surface area contributed by atoms with Crippen molar-refractivity contribution in [2.24, 2.45) is 5.73 Å². The second kappa shape index (κ2) is 3.67. The number of rotatable bonds is 1. The summed E-state index contributed by atoms with van der Waals surface area (Å²) < 4.78 is 12.1. The van der Waals surface area contributed by atoms with Gasteiger partial charge < -0.3 is 5.73 Å². The minimum atomic E-state index is 0.227. The molecule has 1 atom stereocenters. The Bertz CT molecular complexity index is 194. The molecular formula is C9H14FN. The molecular weight excluding hydrogens is 141 g/mol. The van der Waals surface area contributed by atoms with E-state index in [0.29, 0.717) is 6.33 Å². The monoisotopic (exact) mass is 155 g/mol. The van der Waals surface area contributed by atoms with Crippen molar-refractivity contribution >= 4 is 0 Å². The molecule has 1 aliphatic carbocycles. The van der Waals surface area contributed by atoms with Gasteiger partial charge in [-0.3, -0.25) is 0 Å². The van der Waals surface area contributed by atoms with Crippen molar-refractivity contribution in [3.05, 3.63) is 23.6 Å². The van der Waals surface area contributed by atoms with Crippen LogP contribution in [-0.2, 0) is 0 Å². The van der Waals surface area contributed by atoms with Crippen molar-refractivity contribution in [3.63, 3.8) is 0 Å². The summed E-state index contributed by atoms with van der Waals surface area (Å²) in [6.45, 7) is 1.78. The lowest BCUT2D eigenvalue weighted by molar-refractivity contribution is 0.587. The van der Waals surface area contributed by atoms with Crippen LogP contribution in [0.5, 0.6) is 0 Å². The van der Waals surface area contributed by atoms with Crippen molar-refractivity contribution in [1.29, 1.82) is 0 Å². The van der Waals surface area contributed by atoms with E-state index in [4.69, 9.17) is 5.73 Å². The van der Waals surface area contributed by atoms with Gasteiger partial charge in [0, 0.05) is 6.04 Å². The quantitative estimate of drug-likeness (QED) is 0.617. The average molecular weight is 155 g/mol. The van der Waals surface area contributed by atoms with Gasteiger partial charge in [0.25, 0.3) is 0 Å². The van der Waals surface area contributed by atoms with Gasteiger partial charge >= 0.3 is 0 Å². The van der Waals surface area contributed by atoms with E-state index >= 15 is 0 Å². The SMILES string of the molecule is C/C(=C/F)C1=CCCC(N)C1. The third-order valence-corrected chi connectivity index (χ3v) is 2.08. The minimum Gasteiger partial charge on any atom is -0.327 e. The summed E-state index contributed by atoms with van der Waals surface area (Å²) in [6, 6.07) is 0.227. The van der Waals surface area contributed by atoms with Crippen LogP contribution in [0, 0.1) is 0 Å². The summed E-state index contributed by atoms with van der Waals surface area (Å²) in [5.74, 6) is 0. The first-order valence-corrected chi connectivity index (χ1v) is 3.96. The Balaban J connectivity index is 2.65. The molecule has 2 N–H and O–H groups in total. The Morgan fingerprint density at radius 2 is 2.55 bits per heavy atom. The van der Waals surface area contributed by atoms with Gasteiger partial charge in [-0.1, -0.05) is 6.08 Å². The van der Waals surface area contributed by atoms with Gasteiger partial charge in [0.15, 0.2) is 0 Å². The van der Waals surface area contributed by atoms with Crippen molar-refractivity contribution in [2.75, 3.05) is 0 Å². The highest BCUT2D eigenvalue weighted by Crippen LogP contribution is 2.22. The second-order valence-corrected chi connectivity index (χ2v) is 3.06. The number of allylic oxidation sites excluding steroid dienone is 2. The van der Waals surface area contributed by atoms with Gasteiger partial charge in [-0.25, -0.2) is 4.39 Å². The van der Waals surface area contributed by atoms with Gasteiger partial charge in [-0.15, -0.1) is 0 Å². The maximum absolute atomic E-state index is 12.1. The largest absolute Gasteiger partial charge is 0.327 e. The molecule has 0 radical (unpaired) electrons. The molecule has 62 valence electrons. The van der Waals surface area contributed by atoms with E-state index in [0.717, 1.165) is 30.4 Å². The first kappa shape index (κ1) is 8.47. The lowest BCUT2D eigenvalue weighted by atomic mass is 9.92. The zero-order chi connectivity index (χ0) is 8.27. The summed E-state index contributed by atoms with van der Waals surface area (Å²) in [7, 11) is 0. The molecule has 0 aliphatic heterocycles. The predicted octanol–water partition coefficient (Wildman–Crippen LogP) is 2.30. The van der Waals surface area contributed by atoms with Crippen LogP contribution in [0.1, 0.15) is 26.2 Å². The summed E-state index contributed by atoms with van der Waals surface area (Å²) >= 11 is 0. The molecule has 0 aromatic carbocycles. The van der Waals surface area contributed by atoms with Crippen LogP contribution >= 0.6 is 0 Å². The Morgan fingerprint density at radius 3 is 3.09 bits per heavy atom. The second-order valence-electron chi connectivity index (χ2n) is 3.06. The molecule has 0 saturated carbocycles. The molecule has 0 aromatic rings. The highest BCUT2D eigenvalue weighted by atomic mass is 19.1. The molecule has 0 aromatic heterocycles. The average Bonchev–Trinajstić information content (AvgIpc) is 2.03. The number of halogens is 1. The van der Waals surface area contributed by atoms with Crippen LogP contribution in [0.4, 0.5) is 4.39 Å². The van der Waals surface area contributed by atoms with Crippen LogP contribution in [0.15, 0.2) is 23.6 Å². The highest BCUT2D eigenvalue weighted by Gasteiger charge is 2.11. The number of nitrogens with two attached hydrogens (primary N) is 1. The maximum Gasteiger partial charge on any atom is 0.0898 e. The van der Waals surface area contributed by atoms with E-state index in [2.05, 4.69) is 6.08 Å².